The molecule has 0 bridgehead atoms. The summed E-state index contributed by atoms with van der Waals surface area (Å²) in [5.41, 5.74) is 2.03. The van der Waals surface area contributed by atoms with E-state index in [4.69, 9.17) is 4.74 Å². The zero-order valence-electron chi connectivity index (χ0n) is 15.6. The molecule has 1 aliphatic heterocycles. The van der Waals surface area contributed by atoms with E-state index in [1.54, 1.807) is 24.6 Å². The monoisotopic (exact) mass is 379 g/mol. The summed E-state index contributed by atoms with van der Waals surface area (Å²) in [6, 6.07) is 3.58. The van der Waals surface area contributed by atoms with Gasteiger partial charge >= 0.3 is 0 Å². The molecule has 0 aliphatic carbocycles. The lowest BCUT2D eigenvalue weighted by Gasteiger charge is -2.31. The van der Waals surface area contributed by atoms with E-state index in [1.807, 2.05) is 19.9 Å². The van der Waals surface area contributed by atoms with Crippen LogP contribution in [0, 0.1) is 20.8 Å². The van der Waals surface area contributed by atoms with Gasteiger partial charge < -0.3 is 4.74 Å². The first kappa shape index (κ1) is 18.8. The highest BCUT2D eigenvalue weighted by atomic mass is 32.2. The number of hydrogen-bond acceptors (Lipinski definition) is 6. The summed E-state index contributed by atoms with van der Waals surface area (Å²) >= 11 is 0. The second kappa shape index (κ2) is 7.32. The average molecular weight is 379 g/mol. The second-order valence-electron chi connectivity index (χ2n) is 6.57. The van der Waals surface area contributed by atoms with Gasteiger partial charge in [0.15, 0.2) is 0 Å². The molecular formula is C17H25N5O3S. The Morgan fingerprint density at radius 3 is 2.62 bits per heavy atom. The van der Waals surface area contributed by atoms with E-state index in [0.29, 0.717) is 41.8 Å². The molecule has 3 heterocycles. The first-order valence-electron chi connectivity index (χ1n) is 8.84. The Balaban J connectivity index is 1.80. The molecule has 3 rings (SSSR count). The van der Waals surface area contributed by atoms with Crippen LogP contribution in [0.5, 0.6) is 5.88 Å². The molecular weight excluding hydrogens is 354 g/mol. The lowest BCUT2D eigenvalue weighted by molar-refractivity contribution is 0.123. The van der Waals surface area contributed by atoms with E-state index in [0.717, 1.165) is 18.5 Å². The molecule has 0 amide bonds. The Morgan fingerprint density at radius 2 is 2.00 bits per heavy atom. The van der Waals surface area contributed by atoms with Crippen LogP contribution in [0.1, 0.15) is 36.8 Å². The number of aryl methyl sites for hydroxylation is 3. The highest BCUT2D eigenvalue weighted by molar-refractivity contribution is 7.89. The zero-order valence-corrected chi connectivity index (χ0v) is 16.5. The van der Waals surface area contributed by atoms with Crippen molar-refractivity contribution in [2.24, 2.45) is 0 Å². The van der Waals surface area contributed by atoms with Crippen LogP contribution in [-0.4, -0.2) is 51.9 Å². The van der Waals surface area contributed by atoms with Crippen LogP contribution in [0.4, 0.5) is 0 Å². The molecule has 1 atom stereocenters. The van der Waals surface area contributed by atoms with Crippen molar-refractivity contribution in [3.8, 4) is 5.88 Å². The molecule has 9 heteroatoms. The molecule has 0 aromatic carbocycles. The van der Waals surface area contributed by atoms with Crippen molar-refractivity contribution in [2.75, 3.05) is 13.1 Å². The molecule has 8 nitrogen and oxygen atoms in total. The van der Waals surface area contributed by atoms with Gasteiger partial charge in [-0.25, -0.2) is 8.42 Å². The van der Waals surface area contributed by atoms with E-state index in [9.17, 15) is 8.42 Å². The minimum Gasteiger partial charge on any atom is -0.472 e. The van der Waals surface area contributed by atoms with Crippen molar-refractivity contribution in [1.29, 1.82) is 0 Å². The van der Waals surface area contributed by atoms with E-state index < -0.39 is 10.0 Å². The topological polar surface area (TPSA) is 90.2 Å². The Kier molecular flexibility index (Phi) is 5.29. The van der Waals surface area contributed by atoms with Gasteiger partial charge in [-0.3, -0.25) is 4.68 Å². The van der Waals surface area contributed by atoms with Gasteiger partial charge in [-0.05, 0) is 46.6 Å². The van der Waals surface area contributed by atoms with Gasteiger partial charge in [0.25, 0.3) is 0 Å². The fourth-order valence-corrected chi connectivity index (χ4v) is 5.21. The number of ether oxygens (including phenoxy) is 1. The number of piperidine rings is 1. The lowest BCUT2D eigenvalue weighted by atomic mass is 10.1. The number of aromatic nitrogens is 4. The smallest absolute Gasteiger partial charge is 0.246 e. The Morgan fingerprint density at radius 1 is 1.23 bits per heavy atom. The van der Waals surface area contributed by atoms with Crippen LogP contribution >= 0.6 is 0 Å². The SMILES string of the molecule is CCn1nc(C)c(S(=O)(=O)N2CCCC(Oc3ccc(C)nn3)C2)c1C. The van der Waals surface area contributed by atoms with Gasteiger partial charge in [0.05, 0.1) is 23.6 Å². The molecule has 1 fully saturated rings. The van der Waals surface area contributed by atoms with Gasteiger partial charge in [0, 0.05) is 19.2 Å². The molecule has 0 radical (unpaired) electrons. The van der Waals surface area contributed by atoms with Gasteiger partial charge in [-0.1, -0.05) is 0 Å². The lowest BCUT2D eigenvalue weighted by Crippen LogP contribution is -2.44. The summed E-state index contributed by atoms with van der Waals surface area (Å²) in [4.78, 5) is 0.315. The largest absolute Gasteiger partial charge is 0.472 e. The third-order valence-electron chi connectivity index (χ3n) is 4.61. The summed E-state index contributed by atoms with van der Waals surface area (Å²) in [7, 11) is -3.61. The predicted octanol–water partition coefficient (Wildman–Crippen LogP) is 1.85. The molecule has 142 valence electrons. The minimum absolute atomic E-state index is 0.239. The number of rotatable bonds is 5. The van der Waals surface area contributed by atoms with Crippen LogP contribution in [0.15, 0.2) is 17.0 Å². The predicted molar refractivity (Wildman–Crippen MR) is 96.6 cm³/mol. The summed E-state index contributed by atoms with van der Waals surface area (Å²) in [5.74, 6) is 0.422. The van der Waals surface area contributed by atoms with Crippen molar-refractivity contribution in [2.45, 2.75) is 58.1 Å². The average Bonchev–Trinajstić information content (AvgIpc) is 2.91. The van der Waals surface area contributed by atoms with E-state index in [1.165, 1.54) is 4.31 Å². The van der Waals surface area contributed by atoms with Crippen LogP contribution in [-0.2, 0) is 16.6 Å². The standard InChI is InChI=1S/C17H25N5O3S/c1-5-22-14(4)17(13(3)20-22)26(23,24)21-10-6-7-15(11-21)25-16-9-8-12(2)18-19-16/h8-9,15H,5-7,10-11H2,1-4H3. The summed E-state index contributed by atoms with van der Waals surface area (Å²) in [5, 5.41) is 12.3. The highest BCUT2D eigenvalue weighted by Crippen LogP contribution is 2.27. The van der Waals surface area contributed by atoms with Crippen LogP contribution in [0.2, 0.25) is 0 Å². The van der Waals surface area contributed by atoms with Crippen molar-refractivity contribution in [1.82, 2.24) is 24.3 Å². The van der Waals surface area contributed by atoms with Crippen molar-refractivity contribution >= 4 is 10.0 Å². The molecule has 0 saturated carbocycles. The Bertz CT molecular complexity index is 877. The number of sulfonamides is 1. The quantitative estimate of drug-likeness (QED) is 0.787. The third kappa shape index (κ3) is 3.59. The van der Waals surface area contributed by atoms with Crippen LogP contribution in [0.25, 0.3) is 0 Å². The summed E-state index contributed by atoms with van der Waals surface area (Å²) in [6.45, 7) is 8.77. The zero-order chi connectivity index (χ0) is 18.9. The molecule has 0 spiro atoms. The van der Waals surface area contributed by atoms with Crippen molar-refractivity contribution in [3.63, 3.8) is 0 Å². The highest BCUT2D eigenvalue weighted by Gasteiger charge is 2.35. The maximum atomic E-state index is 13.2. The molecule has 1 saturated heterocycles. The van der Waals surface area contributed by atoms with Crippen LogP contribution in [0.3, 0.4) is 0 Å². The minimum atomic E-state index is -3.61. The molecule has 0 N–H and O–H groups in total. The maximum absolute atomic E-state index is 13.2. The molecule has 1 aliphatic rings. The Hall–Kier alpha value is -2.00. The second-order valence-corrected chi connectivity index (χ2v) is 8.45. The van der Waals surface area contributed by atoms with Gasteiger partial charge in [-0.2, -0.15) is 14.5 Å². The van der Waals surface area contributed by atoms with E-state index in [-0.39, 0.29) is 6.10 Å². The van der Waals surface area contributed by atoms with E-state index in [2.05, 4.69) is 15.3 Å². The fourth-order valence-electron chi connectivity index (χ4n) is 3.33. The Labute approximate surface area is 154 Å². The van der Waals surface area contributed by atoms with Gasteiger partial charge in [0.1, 0.15) is 11.0 Å². The van der Waals surface area contributed by atoms with Gasteiger partial charge in [-0.15, -0.1) is 5.10 Å². The van der Waals surface area contributed by atoms with Gasteiger partial charge in [0.2, 0.25) is 15.9 Å². The normalized spacial score (nSPS) is 18.8. The fraction of sp³-hybridized carbons (Fsp3) is 0.588. The number of hydrogen-bond donors (Lipinski definition) is 0. The van der Waals surface area contributed by atoms with Crippen LogP contribution < -0.4 is 4.74 Å². The number of nitrogens with zero attached hydrogens (tertiary/aromatic N) is 5. The van der Waals surface area contributed by atoms with Crippen molar-refractivity contribution in [3.05, 3.63) is 29.2 Å². The molecule has 26 heavy (non-hydrogen) atoms. The molecule has 2 aromatic heterocycles. The van der Waals surface area contributed by atoms with Crippen molar-refractivity contribution < 1.29 is 13.2 Å². The summed E-state index contributed by atoms with van der Waals surface area (Å²) in [6.07, 6.45) is 1.29. The molecule has 1 unspecified atom stereocenters. The summed E-state index contributed by atoms with van der Waals surface area (Å²) < 4.78 is 35.5. The first-order chi connectivity index (χ1) is 12.3. The molecule has 2 aromatic rings. The van der Waals surface area contributed by atoms with E-state index >= 15 is 0 Å². The third-order valence-corrected chi connectivity index (χ3v) is 6.73. The maximum Gasteiger partial charge on any atom is 0.246 e. The first-order valence-corrected chi connectivity index (χ1v) is 10.3.